The molecule has 1 N–H and O–H groups in total. The zero-order valence-electron chi connectivity index (χ0n) is 11.7. The van der Waals surface area contributed by atoms with Crippen LogP contribution in [0.5, 0.6) is 11.5 Å². The van der Waals surface area contributed by atoms with E-state index in [0.717, 1.165) is 4.43 Å². The minimum absolute atomic E-state index is 0.104. The number of ether oxygens (including phenoxy) is 2. The van der Waals surface area contributed by atoms with Crippen molar-refractivity contribution in [3.05, 3.63) is 23.8 Å². The molecule has 1 amide bonds. The van der Waals surface area contributed by atoms with Crippen LogP contribution in [0.2, 0.25) is 0 Å². The van der Waals surface area contributed by atoms with Gasteiger partial charge in [0.05, 0.1) is 14.2 Å². The fraction of sp³-hybridized carbons (Fsp3) is 0.500. The maximum atomic E-state index is 12.2. The maximum Gasteiger partial charge on any atom is 0.251 e. The molecule has 0 aliphatic carbocycles. The molecule has 0 fully saturated rings. The number of benzene rings is 1. The Balaban J connectivity index is 2.92. The maximum absolute atomic E-state index is 12.2. The normalized spacial score (nSPS) is 12.1. The van der Waals surface area contributed by atoms with Gasteiger partial charge in [-0.05, 0) is 18.1 Å². The van der Waals surface area contributed by atoms with Gasteiger partial charge in [-0.3, -0.25) is 4.79 Å². The van der Waals surface area contributed by atoms with Crippen molar-refractivity contribution in [2.45, 2.75) is 19.9 Å². The van der Waals surface area contributed by atoms with Crippen LogP contribution in [-0.4, -0.2) is 30.6 Å². The van der Waals surface area contributed by atoms with E-state index in [1.807, 2.05) is 0 Å². The number of halogens is 1. The molecule has 0 aliphatic rings. The first-order chi connectivity index (χ1) is 9.01. The summed E-state index contributed by atoms with van der Waals surface area (Å²) in [5.41, 5.74) is 0.548. The lowest BCUT2D eigenvalue weighted by Crippen LogP contribution is -2.39. The predicted molar refractivity (Wildman–Crippen MR) is 84.5 cm³/mol. The second-order valence-electron chi connectivity index (χ2n) is 4.58. The number of nitrogens with one attached hydrogen (secondary N) is 1. The Morgan fingerprint density at radius 1 is 1.21 bits per heavy atom. The molecule has 0 heterocycles. The smallest absolute Gasteiger partial charge is 0.251 e. The van der Waals surface area contributed by atoms with Gasteiger partial charge in [0.2, 0.25) is 0 Å². The SMILES string of the molecule is COc1cc(OC)cc(C(=O)NC(CI)C(C)C)c1. The van der Waals surface area contributed by atoms with Gasteiger partial charge in [0, 0.05) is 22.1 Å². The van der Waals surface area contributed by atoms with E-state index in [-0.39, 0.29) is 11.9 Å². The average Bonchev–Trinajstić information content (AvgIpc) is 2.43. The molecule has 0 aromatic heterocycles. The number of carbonyl (C=O) groups is 1. The van der Waals surface area contributed by atoms with Crippen LogP contribution in [0.4, 0.5) is 0 Å². The summed E-state index contributed by atoms with van der Waals surface area (Å²) in [7, 11) is 3.14. The molecule has 0 radical (unpaired) electrons. The topological polar surface area (TPSA) is 47.6 Å². The molecule has 19 heavy (non-hydrogen) atoms. The highest BCUT2D eigenvalue weighted by molar-refractivity contribution is 14.1. The zero-order valence-corrected chi connectivity index (χ0v) is 13.9. The quantitative estimate of drug-likeness (QED) is 0.613. The largest absolute Gasteiger partial charge is 0.497 e. The van der Waals surface area contributed by atoms with Crippen molar-refractivity contribution in [1.29, 1.82) is 0 Å². The number of hydrogen-bond donors (Lipinski definition) is 1. The monoisotopic (exact) mass is 377 g/mol. The molecular formula is C14H20INO3. The first kappa shape index (κ1) is 16.1. The summed E-state index contributed by atoms with van der Waals surface area (Å²) in [4.78, 5) is 12.2. The molecule has 0 saturated carbocycles. The minimum Gasteiger partial charge on any atom is -0.497 e. The van der Waals surface area contributed by atoms with Crippen molar-refractivity contribution < 1.29 is 14.3 Å². The van der Waals surface area contributed by atoms with Crippen molar-refractivity contribution in [2.75, 3.05) is 18.6 Å². The third kappa shape index (κ3) is 4.56. The van der Waals surface area contributed by atoms with Gasteiger partial charge in [-0.25, -0.2) is 0 Å². The van der Waals surface area contributed by atoms with Crippen LogP contribution in [0, 0.1) is 5.92 Å². The Labute approximate surface area is 128 Å². The third-order valence-electron chi connectivity index (χ3n) is 2.90. The summed E-state index contributed by atoms with van der Waals surface area (Å²) in [6, 6.07) is 5.32. The van der Waals surface area contributed by atoms with Gasteiger partial charge >= 0.3 is 0 Å². The molecule has 1 aromatic carbocycles. The van der Waals surface area contributed by atoms with Crippen LogP contribution in [0.25, 0.3) is 0 Å². The third-order valence-corrected chi connectivity index (χ3v) is 3.85. The van der Waals surface area contributed by atoms with Gasteiger partial charge in [0.1, 0.15) is 11.5 Å². The summed E-state index contributed by atoms with van der Waals surface area (Å²) in [5, 5.41) is 3.03. The van der Waals surface area contributed by atoms with Gasteiger partial charge in [0.15, 0.2) is 0 Å². The lowest BCUT2D eigenvalue weighted by atomic mass is 10.1. The van der Waals surface area contributed by atoms with E-state index >= 15 is 0 Å². The number of carbonyl (C=O) groups excluding carboxylic acids is 1. The number of rotatable bonds is 6. The minimum atomic E-state index is -0.104. The van der Waals surface area contributed by atoms with Gasteiger partial charge in [-0.2, -0.15) is 0 Å². The second kappa shape index (κ2) is 7.57. The summed E-state index contributed by atoms with van der Waals surface area (Å²) in [6.45, 7) is 4.19. The fourth-order valence-corrected chi connectivity index (χ4v) is 2.81. The predicted octanol–water partition coefficient (Wildman–Crippen LogP) is 2.89. The molecule has 0 saturated heterocycles. The van der Waals surface area contributed by atoms with Gasteiger partial charge in [0.25, 0.3) is 5.91 Å². The van der Waals surface area contributed by atoms with E-state index in [0.29, 0.717) is 23.0 Å². The van der Waals surface area contributed by atoms with Gasteiger partial charge < -0.3 is 14.8 Å². The summed E-state index contributed by atoms with van der Waals surface area (Å²) < 4.78 is 11.2. The van der Waals surface area contributed by atoms with Crippen molar-refractivity contribution in [1.82, 2.24) is 5.32 Å². The first-order valence-corrected chi connectivity index (χ1v) is 7.64. The average molecular weight is 377 g/mol. The number of alkyl halides is 1. The highest BCUT2D eigenvalue weighted by Gasteiger charge is 2.17. The van der Waals surface area contributed by atoms with E-state index in [4.69, 9.17) is 9.47 Å². The van der Waals surface area contributed by atoms with Gasteiger partial charge in [-0.1, -0.05) is 36.4 Å². The lowest BCUT2D eigenvalue weighted by molar-refractivity contribution is 0.0931. The van der Waals surface area contributed by atoms with E-state index in [1.165, 1.54) is 0 Å². The Bertz CT molecular complexity index is 412. The van der Waals surface area contributed by atoms with Crippen LogP contribution in [0.3, 0.4) is 0 Å². The summed E-state index contributed by atoms with van der Waals surface area (Å²) >= 11 is 2.28. The highest BCUT2D eigenvalue weighted by atomic mass is 127. The van der Waals surface area contributed by atoms with E-state index in [9.17, 15) is 4.79 Å². The second-order valence-corrected chi connectivity index (χ2v) is 5.46. The molecule has 1 aromatic rings. The molecule has 1 unspecified atom stereocenters. The molecular weight excluding hydrogens is 357 g/mol. The molecule has 0 aliphatic heterocycles. The molecule has 0 bridgehead atoms. The van der Waals surface area contributed by atoms with Crippen LogP contribution in [-0.2, 0) is 0 Å². The number of hydrogen-bond acceptors (Lipinski definition) is 3. The molecule has 106 valence electrons. The van der Waals surface area contributed by atoms with Crippen LogP contribution >= 0.6 is 22.6 Å². The summed E-state index contributed by atoms with van der Waals surface area (Å²) in [6.07, 6.45) is 0. The molecule has 1 atom stereocenters. The van der Waals surface area contributed by atoms with E-state index < -0.39 is 0 Å². The molecule has 0 spiro atoms. The number of amides is 1. The molecule has 1 rings (SSSR count). The van der Waals surface area contributed by atoms with E-state index in [2.05, 4.69) is 41.8 Å². The van der Waals surface area contributed by atoms with Crippen molar-refractivity contribution in [3.63, 3.8) is 0 Å². The Hall–Kier alpha value is -0.980. The number of methoxy groups -OCH3 is 2. The standard InChI is InChI=1S/C14H20INO3/c1-9(2)13(8-15)16-14(17)10-5-11(18-3)7-12(6-10)19-4/h5-7,9,13H,8H2,1-4H3,(H,16,17). The Morgan fingerprint density at radius 2 is 1.74 bits per heavy atom. The lowest BCUT2D eigenvalue weighted by Gasteiger charge is -2.20. The van der Waals surface area contributed by atoms with Crippen LogP contribution in [0.1, 0.15) is 24.2 Å². The van der Waals surface area contributed by atoms with Crippen molar-refractivity contribution in [3.8, 4) is 11.5 Å². The molecule has 5 heteroatoms. The highest BCUT2D eigenvalue weighted by Crippen LogP contribution is 2.22. The van der Waals surface area contributed by atoms with Crippen LogP contribution in [0.15, 0.2) is 18.2 Å². The van der Waals surface area contributed by atoms with Crippen LogP contribution < -0.4 is 14.8 Å². The summed E-state index contributed by atoms with van der Waals surface area (Å²) in [5.74, 6) is 1.51. The Kier molecular flexibility index (Phi) is 6.41. The van der Waals surface area contributed by atoms with Crippen molar-refractivity contribution in [2.24, 2.45) is 5.92 Å². The van der Waals surface area contributed by atoms with E-state index in [1.54, 1.807) is 32.4 Å². The Morgan fingerprint density at radius 3 is 2.11 bits per heavy atom. The van der Waals surface area contributed by atoms with Gasteiger partial charge in [-0.15, -0.1) is 0 Å². The first-order valence-electron chi connectivity index (χ1n) is 6.11. The zero-order chi connectivity index (χ0) is 14.4. The molecule has 4 nitrogen and oxygen atoms in total. The fourth-order valence-electron chi connectivity index (χ4n) is 1.57. The van der Waals surface area contributed by atoms with Crippen molar-refractivity contribution >= 4 is 28.5 Å².